The summed E-state index contributed by atoms with van der Waals surface area (Å²) < 4.78 is 5.06. The molecule has 1 fully saturated rings. The zero-order valence-corrected chi connectivity index (χ0v) is 7.71. The summed E-state index contributed by atoms with van der Waals surface area (Å²) in [7, 11) is 0. The molecular formula is C10H15NO2. The van der Waals surface area contributed by atoms with E-state index in [2.05, 4.69) is 5.32 Å². The molecule has 2 heterocycles. The summed E-state index contributed by atoms with van der Waals surface area (Å²) in [4.78, 5) is 11.8. The van der Waals surface area contributed by atoms with Crippen molar-refractivity contribution in [3.05, 3.63) is 11.8 Å². The van der Waals surface area contributed by atoms with E-state index in [9.17, 15) is 4.79 Å². The van der Waals surface area contributed by atoms with Gasteiger partial charge in [-0.25, -0.2) is 0 Å². The van der Waals surface area contributed by atoms with Gasteiger partial charge in [-0.15, -0.1) is 0 Å². The van der Waals surface area contributed by atoms with E-state index in [1.54, 1.807) is 6.26 Å². The van der Waals surface area contributed by atoms with Crippen molar-refractivity contribution in [2.75, 3.05) is 13.2 Å². The molecule has 0 saturated carbocycles. The molecule has 0 amide bonds. The van der Waals surface area contributed by atoms with Crippen LogP contribution in [0.25, 0.3) is 0 Å². The molecule has 1 atom stereocenters. The van der Waals surface area contributed by atoms with E-state index in [-0.39, 0.29) is 11.8 Å². The number of hydrogen-bond donors (Lipinski definition) is 1. The molecule has 0 aliphatic carbocycles. The fourth-order valence-corrected chi connectivity index (χ4v) is 1.87. The molecule has 0 spiro atoms. The highest BCUT2D eigenvalue weighted by Crippen LogP contribution is 2.17. The maximum absolute atomic E-state index is 11.8. The van der Waals surface area contributed by atoms with E-state index in [0.29, 0.717) is 6.61 Å². The van der Waals surface area contributed by atoms with Gasteiger partial charge in [-0.05, 0) is 19.4 Å². The highest BCUT2D eigenvalue weighted by atomic mass is 16.5. The first-order valence-electron chi connectivity index (χ1n) is 4.96. The van der Waals surface area contributed by atoms with Gasteiger partial charge in [0, 0.05) is 12.0 Å². The molecular weight excluding hydrogens is 166 g/mol. The molecule has 0 bridgehead atoms. The first-order chi connectivity index (χ1) is 6.38. The summed E-state index contributed by atoms with van der Waals surface area (Å²) >= 11 is 0. The Morgan fingerprint density at radius 2 is 2.46 bits per heavy atom. The van der Waals surface area contributed by atoms with Crippen LogP contribution in [0.15, 0.2) is 11.8 Å². The van der Waals surface area contributed by atoms with Crippen molar-refractivity contribution in [3.63, 3.8) is 0 Å². The van der Waals surface area contributed by atoms with Crippen LogP contribution in [0.5, 0.6) is 0 Å². The van der Waals surface area contributed by atoms with E-state index < -0.39 is 0 Å². The number of nitrogens with one attached hydrogen (secondary N) is 1. The second kappa shape index (κ2) is 3.92. The number of carbonyl (C=O) groups excluding carboxylic acids is 1. The average Bonchev–Trinajstić information content (AvgIpc) is 2.71. The van der Waals surface area contributed by atoms with Crippen LogP contribution in [0.2, 0.25) is 0 Å². The lowest BCUT2D eigenvalue weighted by Crippen LogP contribution is -2.40. The molecule has 0 aromatic rings. The fourth-order valence-electron chi connectivity index (χ4n) is 1.87. The maximum atomic E-state index is 11.8. The molecule has 13 heavy (non-hydrogen) atoms. The largest absolute Gasteiger partial charge is 0.500 e. The number of hydrogen-bond acceptors (Lipinski definition) is 3. The van der Waals surface area contributed by atoms with Gasteiger partial charge in [-0.2, -0.15) is 0 Å². The minimum absolute atomic E-state index is 0.0571. The van der Waals surface area contributed by atoms with Crippen molar-refractivity contribution in [3.8, 4) is 0 Å². The number of ether oxygens (including phenoxy) is 1. The smallest absolute Gasteiger partial charge is 0.178 e. The number of rotatable bonds is 2. The summed E-state index contributed by atoms with van der Waals surface area (Å²) in [5.41, 5.74) is 0.861. The van der Waals surface area contributed by atoms with Gasteiger partial charge in [0.15, 0.2) is 5.78 Å². The summed E-state index contributed by atoms with van der Waals surface area (Å²) in [6, 6.07) is 0.0571. The fraction of sp³-hybridized carbons (Fsp3) is 0.700. The van der Waals surface area contributed by atoms with E-state index in [1.807, 2.05) is 0 Å². The Balaban J connectivity index is 1.94. The van der Waals surface area contributed by atoms with Gasteiger partial charge in [0.1, 0.15) is 0 Å². The van der Waals surface area contributed by atoms with Crippen LogP contribution in [0, 0.1) is 0 Å². The third-order valence-electron chi connectivity index (χ3n) is 2.66. The van der Waals surface area contributed by atoms with Gasteiger partial charge in [-0.1, -0.05) is 6.42 Å². The summed E-state index contributed by atoms with van der Waals surface area (Å²) in [6.07, 6.45) is 5.75. The molecule has 1 unspecified atom stereocenters. The molecule has 72 valence electrons. The molecule has 0 aromatic carbocycles. The molecule has 3 heteroatoms. The summed E-state index contributed by atoms with van der Waals surface area (Å²) in [5.74, 6) is 0.247. The molecule has 1 N–H and O–H groups in total. The van der Waals surface area contributed by atoms with Crippen LogP contribution in [-0.4, -0.2) is 25.0 Å². The number of ketones is 1. The van der Waals surface area contributed by atoms with E-state index in [4.69, 9.17) is 4.74 Å². The first-order valence-corrected chi connectivity index (χ1v) is 4.96. The lowest BCUT2D eigenvalue weighted by atomic mass is 9.96. The second-order valence-corrected chi connectivity index (χ2v) is 3.63. The molecule has 3 nitrogen and oxygen atoms in total. The normalized spacial score (nSPS) is 28.0. The molecule has 0 radical (unpaired) electrons. The summed E-state index contributed by atoms with van der Waals surface area (Å²) in [6.45, 7) is 1.65. The van der Waals surface area contributed by atoms with Crippen molar-refractivity contribution in [1.82, 2.24) is 5.32 Å². The highest BCUT2D eigenvalue weighted by molar-refractivity contribution is 5.99. The first kappa shape index (κ1) is 8.75. The second-order valence-electron chi connectivity index (χ2n) is 3.63. The van der Waals surface area contributed by atoms with Crippen LogP contribution in [0.1, 0.15) is 25.7 Å². The third kappa shape index (κ3) is 1.91. The predicted molar refractivity (Wildman–Crippen MR) is 49.3 cm³/mol. The molecule has 1 saturated heterocycles. The Morgan fingerprint density at radius 3 is 3.08 bits per heavy atom. The molecule has 0 aromatic heterocycles. The van der Waals surface area contributed by atoms with Gasteiger partial charge in [0.05, 0.1) is 18.9 Å². The van der Waals surface area contributed by atoms with Gasteiger partial charge in [-0.3, -0.25) is 4.79 Å². The standard InChI is InChI=1S/C10H15NO2/c12-10(8-4-6-13-7-8)9-3-1-2-5-11-9/h7,9,11H,1-6H2. The van der Waals surface area contributed by atoms with Crippen LogP contribution < -0.4 is 5.32 Å². The van der Waals surface area contributed by atoms with Crippen LogP contribution in [-0.2, 0) is 9.53 Å². The highest BCUT2D eigenvalue weighted by Gasteiger charge is 2.25. The topological polar surface area (TPSA) is 38.3 Å². The molecule has 2 aliphatic rings. The number of Topliss-reactive ketones (excluding diaryl/α,β-unsaturated/α-hetero) is 1. The van der Waals surface area contributed by atoms with Crippen molar-refractivity contribution in [1.29, 1.82) is 0 Å². The lowest BCUT2D eigenvalue weighted by Gasteiger charge is -2.22. The van der Waals surface area contributed by atoms with Crippen molar-refractivity contribution < 1.29 is 9.53 Å². The zero-order chi connectivity index (χ0) is 9.10. The Kier molecular flexibility index (Phi) is 2.64. The van der Waals surface area contributed by atoms with Gasteiger partial charge < -0.3 is 10.1 Å². The number of piperidine rings is 1. The number of carbonyl (C=O) groups is 1. The van der Waals surface area contributed by atoms with Gasteiger partial charge in [0.25, 0.3) is 0 Å². The monoisotopic (exact) mass is 181 g/mol. The van der Waals surface area contributed by atoms with Crippen LogP contribution >= 0.6 is 0 Å². The maximum Gasteiger partial charge on any atom is 0.178 e. The Bertz CT molecular complexity index is 229. The lowest BCUT2D eigenvalue weighted by molar-refractivity contribution is -0.118. The van der Waals surface area contributed by atoms with E-state index >= 15 is 0 Å². The van der Waals surface area contributed by atoms with Crippen LogP contribution in [0.3, 0.4) is 0 Å². The predicted octanol–water partition coefficient (Wildman–Crippen LogP) is 1.00. The van der Waals surface area contributed by atoms with E-state index in [0.717, 1.165) is 31.4 Å². The minimum Gasteiger partial charge on any atom is -0.500 e. The quantitative estimate of drug-likeness (QED) is 0.690. The average molecular weight is 181 g/mol. The molecule has 2 rings (SSSR count). The summed E-state index contributed by atoms with van der Waals surface area (Å²) in [5, 5.41) is 3.25. The Labute approximate surface area is 78.1 Å². The van der Waals surface area contributed by atoms with Crippen molar-refractivity contribution in [2.45, 2.75) is 31.7 Å². The van der Waals surface area contributed by atoms with Crippen molar-refractivity contribution >= 4 is 5.78 Å². The Hall–Kier alpha value is -0.830. The zero-order valence-electron chi connectivity index (χ0n) is 7.71. The van der Waals surface area contributed by atoms with E-state index in [1.165, 1.54) is 6.42 Å². The van der Waals surface area contributed by atoms with Crippen molar-refractivity contribution in [2.24, 2.45) is 0 Å². The Morgan fingerprint density at radius 1 is 1.54 bits per heavy atom. The van der Waals surface area contributed by atoms with Gasteiger partial charge in [0.2, 0.25) is 0 Å². The third-order valence-corrected chi connectivity index (χ3v) is 2.66. The SMILES string of the molecule is O=C(C1=COCC1)C1CCCCN1. The van der Waals surface area contributed by atoms with Crippen LogP contribution in [0.4, 0.5) is 0 Å². The van der Waals surface area contributed by atoms with Gasteiger partial charge >= 0.3 is 0 Å². The molecule has 2 aliphatic heterocycles. The minimum atomic E-state index is 0.0571.